The summed E-state index contributed by atoms with van der Waals surface area (Å²) in [6.45, 7) is 2.05. The molecule has 0 saturated heterocycles. The molecule has 0 aliphatic rings. The zero-order valence-electron chi connectivity index (χ0n) is 15.1. The van der Waals surface area contributed by atoms with Gasteiger partial charge in [0, 0.05) is 25.5 Å². The summed E-state index contributed by atoms with van der Waals surface area (Å²) in [4.78, 5) is 4.39. The van der Waals surface area contributed by atoms with Crippen molar-refractivity contribution < 1.29 is 14.2 Å². The Kier molecular flexibility index (Phi) is 10.7. The molecule has 2 aromatic rings. The Bertz CT molecular complexity index is 695. The third kappa shape index (κ3) is 7.59. The molecule has 0 unspecified atom stereocenters. The SMILES string of the molecule is COCCOc1cccc(CN=C(N)Nc2ccccc2COC)c1.I. The number of halogens is 1. The number of hydrogen-bond acceptors (Lipinski definition) is 4. The van der Waals surface area contributed by atoms with Crippen LogP contribution in [0, 0.1) is 0 Å². The minimum atomic E-state index is 0. The van der Waals surface area contributed by atoms with Crippen LogP contribution in [0.5, 0.6) is 5.75 Å². The van der Waals surface area contributed by atoms with E-state index in [9.17, 15) is 0 Å². The van der Waals surface area contributed by atoms with Crippen molar-refractivity contribution in [2.24, 2.45) is 10.7 Å². The average Bonchev–Trinajstić information content (AvgIpc) is 2.62. The molecule has 26 heavy (non-hydrogen) atoms. The largest absolute Gasteiger partial charge is 0.491 e. The monoisotopic (exact) mass is 471 g/mol. The van der Waals surface area contributed by atoms with Gasteiger partial charge in [-0.3, -0.25) is 0 Å². The molecule has 0 saturated carbocycles. The molecule has 0 bridgehead atoms. The lowest BCUT2D eigenvalue weighted by atomic mass is 10.2. The number of aliphatic imine (C=N–C) groups is 1. The fraction of sp³-hybridized carbons (Fsp3) is 0.316. The maximum Gasteiger partial charge on any atom is 0.193 e. The molecule has 142 valence electrons. The van der Waals surface area contributed by atoms with Crippen molar-refractivity contribution >= 4 is 35.6 Å². The Morgan fingerprint density at radius 3 is 2.62 bits per heavy atom. The second kappa shape index (κ2) is 12.5. The summed E-state index contributed by atoms with van der Waals surface area (Å²) in [7, 11) is 3.31. The Hall–Kier alpha value is -1.84. The third-order valence-electron chi connectivity index (χ3n) is 3.47. The van der Waals surface area contributed by atoms with Crippen LogP contribution >= 0.6 is 24.0 Å². The van der Waals surface area contributed by atoms with Gasteiger partial charge < -0.3 is 25.3 Å². The summed E-state index contributed by atoms with van der Waals surface area (Å²) in [6.07, 6.45) is 0. The molecule has 6 nitrogen and oxygen atoms in total. The molecule has 2 rings (SSSR count). The molecular formula is C19H26IN3O3. The highest BCUT2D eigenvalue weighted by molar-refractivity contribution is 14.0. The van der Waals surface area contributed by atoms with E-state index in [0.717, 1.165) is 22.6 Å². The van der Waals surface area contributed by atoms with Crippen LogP contribution in [0.4, 0.5) is 5.69 Å². The number of rotatable bonds is 9. The Balaban J connectivity index is 0.00000338. The minimum Gasteiger partial charge on any atom is -0.491 e. The normalized spacial score (nSPS) is 10.9. The van der Waals surface area contributed by atoms with Crippen LogP contribution in [0.2, 0.25) is 0 Å². The van der Waals surface area contributed by atoms with Crippen molar-refractivity contribution in [3.63, 3.8) is 0 Å². The number of methoxy groups -OCH3 is 2. The van der Waals surface area contributed by atoms with Gasteiger partial charge in [0.2, 0.25) is 0 Å². The van der Waals surface area contributed by atoms with Crippen LogP contribution in [0.25, 0.3) is 0 Å². The summed E-state index contributed by atoms with van der Waals surface area (Å²) in [5.41, 5.74) is 8.94. The van der Waals surface area contributed by atoms with Crippen LogP contribution in [0.3, 0.4) is 0 Å². The zero-order valence-corrected chi connectivity index (χ0v) is 17.4. The molecule has 0 aromatic heterocycles. The van der Waals surface area contributed by atoms with Crippen LogP contribution in [0.1, 0.15) is 11.1 Å². The first kappa shape index (κ1) is 22.2. The standard InChI is InChI=1S/C19H25N3O3.HI/c1-23-10-11-25-17-8-5-6-15(12-17)13-21-19(20)22-18-9-4-3-7-16(18)14-24-2;/h3-9,12H,10-11,13-14H2,1-2H3,(H3,20,21,22);1H. The van der Waals surface area contributed by atoms with Gasteiger partial charge in [0.05, 0.1) is 19.8 Å². The van der Waals surface area contributed by atoms with Gasteiger partial charge >= 0.3 is 0 Å². The molecule has 0 radical (unpaired) electrons. The van der Waals surface area contributed by atoms with E-state index in [4.69, 9.17) is 19.9 Å². The van der Waals surface area contributed by atoms with Gasteiger partial charge in [0.15, 0.2) is 5.96 Å². The molecular weight excluding hydrogens is 445 g/mol. The number of nitrogens with zero attached hydrogens (tertiary/aromatic N) is 1. The van der Waals surface area contributed by atoms with Gasteiger partial charge in [0.1, 0.15) is 12.4 Å². The van der Waals surface area contributed by atoms with Crippen molar-refractivity contribution in [3.8, 4) is 5.75 Å². The van der Waals surface area contributed by atoms with Crippen molar-refractivity contribution in [3.05, 3.63) is 59.7 Å². The average molecular weight is 471 g/mol. The number of anilines is 1. The van der Waals surface area contributed by atoms with Crippen LogP contribution in [-0.4, -0.2) is 33.4 Å². The fourth-order valence-electron chi connectivity index (χ4n) is 2.25. The lowest BCUT2D eigenvalue weighted by Crippen LogP contribution is -2.23. The van der Waals surface area contributed by atoms with Crippen molar-refractivity contribution in [1.29, 1.82) is 0 Å². The summed E-state index contributed by atoms with van der Waals surface area (Å²) in [5.74, 6) is 1.15. The first-order chi connectivity index (χ1) is 12.2. The van der Waals surface area contributed by atoms with E-state index >= 15 is 0 Å². The molecule has 7 heteroatoms. The smallest absolute Gasteiger partial charge is 0.193 e. The van der Waals surface area contributed by atoms with E-state index < -0.39 is 0 Å². The zero-order chi connectivity index (χ0) is 17.9. The highest BCUT2D eigenvalue weighted by atomic mass is 127. The van der Waals surface area contributed by atoms with Crippen molar-refractivity contribution in [2.45, 2.75) is 13.2 Å². The van der Waals surface area contributed by atoms with Gasteiger partial charge in [0.25, 0.3) is 0 Å². The summed E-state index contributed by atoms with van der Waals surface area (Å²) in [6, 6.07) is 15.6. The van der Waals surface area contributed by atoms with Crippen molar-refractivity contribution in [1.82, 2.24) is 0 Å². The maximum absolute atomic E-state index is 6.01. The minimum absolute atomic E-state index is 0. The Morgan fingerprint density at radius 2 is 1.85 bits per heavy atom. The van der Waals surface area contributed by atoms with E-state index in [2.05, 4.69) is 10.3 Å². The number of nitrogens with one attached hydrogen (secondary N) is 1. The van der Waals surface area contributed by atoms with Gasteiger partial charge in [-0.15, -0.1) is 24.0 Å². The van der Waals surface area contributed by atoms with Gasteiger partial charge in [-0.1, -0.05) is 30.3 Å². The lowest BCUT2D eigenvalue weighted by Gasteiger charge is -2.11. The van der Waals surface area contributed by atoms with E-state index in [0.29, 0.717) is 32.3 Å². The second-order valence-electron chi connectivity index (χ2n) is 5.41. The summed E-state index contributed by atoms with van der Waals surface area (Å²) < 4.78 is 15.8. The second-order valence-corrected chi connectivity index (χ2v) is 5.41. The molecule has 0 aliphatic heterocycles. The van der Waals surface area contributed by atoms with Gasteiger partial charge in [-0.05, 0) is 23.8 Å². The lowest BCUT2D eigenvalue weighted by molar-refractivity contribution is 0.146. The van der Waals surface area contributed by atoms with E-state index in [1.165, 1.54) is 0 Å². The fourth-order valence-corrected chi connectivity index (χ4v) is 2.25. The van der Waals surface area contributed by atoms with Crippen LogP contribution in [-0.2, 0) is 22.6 Å². The molecule has 0 heterocycles. The topological polar surface area (TPSA) is 78.1 Å². The van der Waals surface area contributed by atoms with E-state index in [-0.39, 0.29) is 24.0 Å². The molecule has 0 amide bonds. The van der Waals surface area contributed by atoms with E-state index in [1.54, 1.807) is 14.2 Å². The molecule has 0 fully saturated rings. The predicted octanol–water partition coefficient (Wildman–Crippen LogP) is 3.40. The summed E-state index contributed by atoms with van der Waals surface area (Å²) >= 11 is 0. The van der Waals surface area contributed by atoms with Gasteiger partial charge in [-0.25, -0.2) is 4.99 Å². The first-order valence-electron chi connectivity index (χ1n) is 8.07. The molecule has 0 atom stereocenters. The highest BCUT2D eigenvalue weighted by Gasteiger charge is 2.03. The third-order valence-corrected chi connectivity index (χ3v) is 3.47. The Labute approximate surface area is 171 Å². The number of ether oxygens (including phenoxy) is 3. The first-order valence-corrected chi connectivity index (χ1v) is 8.07. The van der Waals surface area contributed by atoms with Crippen molar-refractivity contribution in [2.75, 3.05) is 32.8 Å². The number of benzene rings is 2. The van der Waals surface area contributed by atoms with Crippen LogP contribution in [0.15, 0.2) is 53.5 Å². The number of hydrogen-bond donors (Lipinski definition) is 2. The molecule has 3 N–H and O–H groups in total. The number of guanidine groups is 1. The molecule has 2 aromatic carbocycles. The molecule has 0 aliphatic carbocycles. The number of para-hydroxylation sites is 1. The maximum atomic E-state index is 6.01. The number of nitrogens with two attached hydrogens (primary N) is 1. The quantitative estimate of drug-likeness (QED) is 0.254. The highest BCUT2D eigenvalue weighted by Crippen LogP contribution is 2.16. The van der Waals surface area contributed by atoms with Crippen LogP contribution < -0.4 is 15.8 Å². The predicted molar refractivity (Wildman–Crippen MR) is 115 cm³/mol. The molecule has 0 spiro atoms. The van der Waals surface area contributed by atoms with Gasteiger partial charge in [-0.2, -0.15) is 0 Å². The Morgan fingerprint density at radius 1 is 1.04 bits per heavy atom. The summed E-state index contributed by atoms with van der Waals surface area (Å²) in [5, 5.41) is 3.12. The van der Waals surface area contributed by atoms with E-state index in [1.807, 2.05) is 48.5 Å².